The molecule has 4 N–H and O–H groups in total. The zero-order chi connectivity index (χ0) is 8.23. The molecule has 2 rings (SSSR count). The fraction of sp³-hybridized carbons (Fsp3) is 0. The first kappa shape index (κ1) is 6.58. The van der Waals surface area contributed by atoms with Crippen molar-refractivity contribution in [3.05, 3.63) is 12.4 Å². The average molecular weight is 166 g/mol. The number of hydrogen-bond donors (Lipinski definition) is 4. The average Bonchev–Trinajstić information content (AvgIpc) is 2.74. The molecule has 0 aliphatic carbocycles. The number of aromatic amines is 2. The third kappa shape index (κ3) is 1.31. The SMILES string of the molecule is c1n[nH]nc1NNc1cn[nH]n1. The van der Waals surface area contributed by atoms with Crippen LogP contribution in [0.25, 0.3) is 0 Å². The van der Waals surface area contributed by atoms with E-state index in [1.807, 2.05) is 0 Å². The van der Waals surface area contributed by atoms with Gasteiger partial charge in [-0.25, -0.2) is 0 Å². The van der Waals surface area contributed by atoms with E-state index in [4.69, 9.17) is 0 Å². The van der Waals surface area contributed by atoms with E-state index in [0.717, 1.165) is 0 Å². The predicted molar refractivity (Wildman–Crippen MR) is 40.0 cm³/mol. The highest BCUT2D eigenvalue weighted by atomic mass is 15.5. The van der Waals surface area contributed by atoms with E-state index in [0.29, 0.717) is 11.6 Å². The Morgan fingerprint density at radius 1 is 0.917 bits per heavy atom. The summed E-state index contributed by atoms with van der Waals surface area (Å²) in [7, 11) is 0. The molecular weight excluding hydrogens is 160 g/mol. The second-order valence-corrected chi connectivity index (χ2v) is 1.96. The van der Waals surface area contributed by atoms with Crippen LogP contribution in [0.5, 0.6) is 0 Å². The Hall–Kier alpha value is -2.12. The Morgan fingerprint density at radius 2 is 1.42 bits per heavy atom. The molecule has 0 bridgehead atoms. The summed E-state index contributed by atoms with van der Waals surface area (Å²) in [5.41, 5.74) is 5.50. The molecule has 8 heteroatoms. The molecule has 0 aliphatic rings. The zero-order valence-corrected chi connectivity index (χ0v) is 5.94. The van der Waals surface area contributed by atoms with Crippen LogP contribution < -0.4 is 10.9 Å². The molecule has 0 saturated carbocycles. The standard InChI is InChI=1S/C4H6N8/c1-3(9-11-5-1)7-8-4-2-6-12-10-4/h1-2H,(H2,5,7,9,11)(H2,6,8,10,12). The normalized spacial score (nSPS) is 9.67. The van der Waals surface area contributed by atoms with Crippen molar-refractivity contribution in [2.75, 3.05) is 10.9 Å². The van der Waals surface area contributed by atoms with Crippen molar-refractivity contribution < 1.29 is 0 Å². The van der Waals surface area contributed by atoms with E-state index in [2.05, 4.69) is 41.7 Å². The van der Waals surface area contributed by atoms with Crippen LogP contribution in [0.4, 0.5) is 11.6 Å². The lowest BCUT2D eigenvalue weighted by Crippen LogP contribution is -2.08. The molecule has 0 aromatic carbocycles. The molecule has 0 amide bonds. The van der Waals surface area contributed by atoms with Crippen LogP contribution in [0.2, 0.25) is 0 Å². The first-order chi connectivity index (χ1) is 5.95. The number of aromatic nitrogens is 6. The third-order valence-corrected chi connectivity index (χ3v) is 1.15. The van der Waals surface area contributed by atoms with Gasteiger partial charge in [-0.05, 0) is 0 Å². The van der Waals surface area contributed by atoms with Gasteiger partial charge in [0.05, 0.1) is 12.4 Å². The van der Waals surface area contributed by atoms with Crippen LogP contribution in [0.15, 0.2) is 12.4 Å². The van der Waals surface area contributed by atoms with Crippen molar-refractivity contribution in [3.8, 4) is 0 Å². The van der Waals surface area contributed by atoms with Crippen molar-refractivity contribution in [3.63, 3.8) is 0 Å². The van der Waals surface area contributed by atoms with Crippen LogP contribution in [0.3, 0.4) is 0 Å². The maximum atomic E-state index is 3.75. The van der Waals surface area contributed by atoms with Crippen molar-refractivity contribution in [2.45, 2.75) is 0 Å². The van der Waals surface area contributed by atoms with Gasteiger partial charge in [-0.1, -0.05) is 0 Å². The van der Waals surface area contributed by atoms with Gasteiger partial charge in [0.2, 0.25) is 0 Å². The molecule has 0 unspecified atom stereocenters. The van der Waals surface area contributed by atoms with Gasteiger partial charge in [0, 0.05) is 0 Å². The fourth-order valence-corrected chi connectivity index (χ4v) is 0.652. The number of hydrogen-bond acceptors (Lipinski definition) is 6. The molecule has 62 valence electrons. The largest absolute Gasteiger partial charge is 0.280 e. The van der Waals surface area contributed by atoms with E-state index in [-0.39, 0.29) is 0 Å². The highest BCUT2D eigenvalue weighted by molar-refractivity contribution is 5.40. The lowest BCUT2D eigenvalue weighted by atomic mass is 10.7. The molecule has 0 spiro atoms. The van der Waals surface area contributed by atoms with Gasteiger partial charge < -0.3 is 0 Å². The van der Waals surface area contributed by atoms with Gasteiger partial charge in [0.25, 0.3) is 0 Å². The van der Waals surface area contributed by atoms with Gasteiger partial charge in [0.15, 0.2) is 11.6 Å². The Kier molecular flexibility index (Phi) is 1.57. The summed E-state index contributed by atoms with van der Waals surface area (Å²) < 4.78 is 0. The molecule has 2 aromatic heterocycles. The Morgan fingerprint density at radius 3 is 1.75 bits per heavy atom. The molecule has 2 aromatic rings. The van der Waals surface area contributed by atoms with Crippen LogP contribution in [0, 0.1) is 0 Å². The van der Waals surface area contributed by atoms with Gasteiger partial charge in [-0.2, -0.15) is 20.6 Å². The summed E-state index contributed by atoms with van der Waals surface area (Å²) in [6.45, 7) is 0. The molecule has 0 saturated heterocycles. The summed E-state index contributed by atoms with van der Waals surface area (Å²) in [5, 5.41) is 19.6. The van der Waals surface area contributed by atoms with Crippen molar-refractivity contribution in [1.82, 2.24) is 30.8 Å². The van der Waals surface area contributed by atoms with Gasteiger partial charge >= 0.3 is 0 Å². The van der Waals surface area contributed by atoms with Crippen LogP contribution in [-0.2, 0) is 0 Å². The second kappa shape index (κ2) is 2.86. The summed E-state index contributed by atoms with van der Waals surface area (Å²) in [6.07, 6.45) is 3.07. The lowest BCUT2D eigenvalue weighted by Gasteiger charge is -1.99. The van der Waals surface area contributed by atoms with E-state index in [1.54, 1.807) is 0 Å². The molecule has 0 atom stereocenters. The summed E-state index contributed by atoms with van der Waals surface area (Å²) in [6, 6.07) is 0. The van der Waals surface area contributed by atoms with Crippen molar-refractivity contribution in [2.24, 2.45) is 0 Å². The highest BCUT2D eigenvalue weighted by Gasteiger charge is 1.94. The number of H-pyrrole nitrogens is 2. The maximum Gasteiger partial charge on any atom is 0.186 e. The molecule has 8 nitrogen and oxygen atoms in total. The number of nitrogens with zero attached hydrogens (tertiary/aromatic N) is 4. The minimum Gasteiger partial charge on any atom is -0.280 e. The first-order valence-electron chi connectivity index (χ1n) is 3.19. The predicted octanol–water partition coefficient (Wildman–Crippen LogP) is -0.638. The molecule has 2 heterocycles. The third-order valence-electron chi connectivity index (χ3n) is 1.15. The van der Waals surface area contributed by atoms with Gasteiger partial charge in [-0.3, -0.25) is 10.9 Å². The monoisotopic (exact) mass is 166 g/mol. The van der Waals surface area contributed by atoms with Crippen molar-refractivity contribution >= 4 is 11.6 Å². The van der Waals surface area contributed by atoms with E-state index in [9.17, 15) is 0 Å². The summed E-state index contributed by atoms with van der Waals surface area (Å²) in [4.78, 5) is 0. The Balaban J connectivity index is 1.91. The Labute approximate surface area is 66.7 Å². The van der Waals surface area contributed by atoms with Crippen LogP contribution >= 0.6 is 0 Å². The van der Waals surface area contributed by atoms with Gasteiger partial charge in [-0.15, -0.1) is 10.2 Å². The van der Waals surface area contributed by atoms with Crippen LogP contribution in [-0.4, -0.2) is 30.8 Å². The van der Waals surface area contributed by atoms with Crippen LogP contribution in [0.1, 0.15) is 0 Å². The van der Waals surface area contributed by atoms with E-state index >= 15 is 0 Å². The number of nitrogens with one attached hydrogen (secondary N) is 4. The maximum absolute atomic E-state index is 3.75. The summed E-state index contributed by atoms with van der Waals surface area (Å²) in [5.74, 6) is 1.16. The number of anilines is 2. The molecule has 12 heavy (non-hydrogen) atoms. The zero-order valence-electron chi connectivity index (χ0n) is 5.94. The minimum absolute atomic E-state index is 0.581. The summed E-state index contributed by atoms with van der Waals surface area (Å²) >= 11 is 0. The smallest absolute Gasteiger partial charge is 0.186 e. The first-order valence-corrected chi connectivity index (χ1v) is 3.19. The van der Waals surface area contributed by atoms with Crippen molar-refractivity contribution in [1.29, 1.82) is 0 Å². The highest BCUT2D eigenvalue weighted by Crippen LogP contribution is 1.98. The lowest BCUT2D eigenvalue weighted by molar-refractivity contribution is 0.936. The van der Waals surface area contributed by atoms with E-state index in [1.165, 1.54) is 12.4 Å². The molecular formula is C4H6N8. The molecule has 0 aliphatic heterocycles. The molecule has 0 radical (unpaired) electrons. The fourth-order valence-electron chi connectivity index (χ4n) is 0.652. The Bertz CT molecular complexity index is 274. The topological polar surface area (TPSA) is 107 Å². The van der Waals surface area contributed by atoms with E-state index < -0.39 is 0 Å². The van der Waals surface area contributed by atoms with Gasteiger partial charge in [0.1, 0.15) is 0 Å². The number of rotatable bonds is 3. The quantitative estimate of drug-likeness (QED) is 0.452. The minimum atomic E-state index is 0.581. The molecule has 0 fully saturated rings. The second-order valence-electron chi connectivity index (χ2n) is 1.96. The number of hydrazine groups is 1.